The van der Waals surface area contributed by atoms with Crippen LogP contribution < -0.4 is 5.14 Å². The third-order valence-corrected chi connectivity index (χ3v) is 1.28. The maximum Gasteiger partial charge on any atom is 0.333 e. The molecule has 0 saturated carbocycles. The highest BCUT2D eigenvalue weighted by Gasteiger charge is 2.02. The fraction of sp³-hybridized carbons (Fsp3) is 0.750. The number of carboxylic acid groups (broad SMARTS) is 1. The first-order valence-electron chi connectivity index (χ1n) is 2.81. The van der Waals surface area contributed by atoms with Crippen LogP contribution in [0.1, 0.15) is 12.8 Å². The summed E-state index contributed by atoms with van der Waals surface area (Å²) < 4.78 is 24.2. The summed E-state index contributed by atoms with van der Waals surface area (Å²) in [6, 6.07) is 0. The van der Waals surface area contributed by atoms with E-state index in [-0.39, 0.29) is 19.4 Å². The zero-order valence-corrected chi connectivity index (χ0v) is 6.50. The molecule has 11 heavy (non-hydrogen) atoms. The smallest absolute Gasteiger partial charge is 0.333 e. The molecule has 0 aromatic carbocycles. The first-order chi connectivity index (χ1) is 4.92. The monoisotopic (exact) mass is 183 g/mol. The summed E-state index contributed by atoms with van der Waals surface area (Å²) in [7, 11) is -3.91. The molecule has 0 bridgehead atoms. The first kappa shape index (κ1) is 10.3. The molecule has 0 fully saturated rings. The van der Waals surface area contributed by atoms with E-state index in [0.29, 0.717) is 0 Å². The molecule has 0 unspecified atom stereocenters. The van der Waals surface area contributed by atoms with Crippen LogP contribution in [-0.2, 0) is 19.3 Å². The van der Waals surface area contributed by atoms with E-state index in [2.05, 4.69) is 9.32 Å². The maximum absolute atomic E-state index is 10.1. The molecule has 0 aromatic rings. The van der Waals surface area contributed by atoms with E-state index in [1.807, 2.05) is 0 Å². The lowest BCUT2D eigenvalue weighted by atomic mass is 10.3. The number of rotatable bonds is 5. The van der Waals surface area contributed by atoms with Crippen LogP contribution in [0.4, 0.5) is 0 Å². The second-order valence-electron chi connectivity index (χ2n) is 1.81. The second-order valence-corrected chi connectivity index (χ2v) is 3.03. The van der Waals surface area contributed by atoms with E-state index in [1.165, 1.54) is 0 Å². The lowest BCUT2D eigenvalue weighted by Crippen LogP contribution is -2.16. The van der Waals surface area contributed by atoms with E-state index in [1.54, 1.807) is 0 Å². The molecule has 0 heterocycles. The lowest BCUT2D eigenvalue weighted by molar-refractivity contribution is -0.137. The number of hydrogen-bond acceptors (Lipinski definition) is 4. The summed E-state index contributed by atoms with van der Waals surface area (Å²) in [5, 5.41) is 12.6. The van der Waals surface area contributed by atoms with Crippen molar-refractivity contribution in [3.05, 3.63) is 0 Å². The van der Waals surface area contributed by atoms with Crippen molar-refractivity contribution in [2.45, 2.75) is 12.8 Å². The Balaban J connectivity index is 3.37. The Morgan fingerprint density at radius 3 is 2.45 bits per heavy atom. The van der Waals surface area contributed by atoms with Crippen LogP contribution in [0.2, 0.25) is 0 Å². The number of nitrogens with two attached hydrogens (primary N) is 1. The molecule has 0 aromatic heterocycles. The fourth-order valence-electron chi connectivity index (χ4n) is 0.398. The zero-order chi connectivity index (χ0) is 8.91. The van der Waals surface area contributed by atoms with Gasteiger partial charge < -0.3 is 5.11 Å². The van der Waals surface area contributed by atoms with Gasteiger partial charge in [0.2, 0.25) is 0 Å². The second kappa shape index (κ2) is 4.27. The van der Waals surface area contributed by atoms with Crippen LogP contribution in [0.5, 0.6) is 0 Å². The molecule has 6 nitrogen and oxygen atoms in total. The normalized spacial score (nSPS) is 11.4. The molecule has 7 heteroatoms. The van der Waals surface area contributed by atoms with Crippen LogP contribution in [0.15, 0.2) is 0 Å². The summed E-state index contributed by atoms with van der Waals surface area (Å²) in [4.78, 5) is 9.89. The maximum atomic E-state index is 10.1. The molecule has 0 spiro atoms. The summed E-state index contributed by atoms with van der Waals surface area (Å²) >= 11 is 0. The molecule has 0 rings (SSSR count). The third kappa shape index (κ3) is 9.34. The molecule has 0 aliphatic heterocycles. The lowest BCUT2D eigenvalue weighted by Gasteiger charge is -1.97. The van der Waals surface area contributed by atoms with Crippen molar-refractivity contribution in [3.8, 4) is 0 Å². The standard InChI is InChI=1S/C4H9NO5S/c5-11(8,9)10-3-1-2-4(6)7/h1-3H2,(H,6,7)(H2,5,8,9). The summed E-state index contributed by atoms with van der Waals surface area (Å²) in [6.07, 6.45) is 0.00127. The highest BCUT2D eigenvalue weighted by Crippen LogP contribution is 1.91. The molecular weight excluding hydrogens is 174 g/mol. The predicted molar refractivity (Wildman–Crippen MR) is 35.9 cm³/mol. The molecule has 0 aliphatic carbocycles. The average Bonchev–Trinajstić information content (AvgIpc) is 1.78. The van der Waals surface area contributed by atoms with Gasteiger partial charge in [0.05, 0.1) is 6.61 Å². The highest BCUT2D eigenvalue weighted by atomic mass is 32.2. The highest BCUT2D eigenvalue weighted by molar-refractivity contribution is 7.84. The molecule has 0 atom stereocenters. The third-order valence-electron chi connectivity index (χ3n) is 0.783. The van der Waals surface area contributed by atoms with E-state index in [0.717, 1.165) is 0 Å². The summed E-state index contributed by atoms with van der Waals surface area (Å²) in [5.74, 6) is -0.997. The Hall–Kier alpha value is -0.660. The summed E-state index contributed by atoms with van der Waals surface area (Å²) in [6.45, 7) is -0.189. The molecule has 66 valence electrons. The molecule has 0 saturated heterocycles. The van der Waals surface area contributed by atoms with Gasteiger partial charge in [0.1, 0.15) is 0 Å². The van der Waals surface area contributed by atoms with Gasteiger partial charge in [0, 0.05) is 6.42 Å². The molecule has 0 amide bonds. The Morgan fingerprint density at radius 2 is 2.09 bits per heavy atom. The van der Waals surface area contributed by atoms with Crippen LogP contribution in [0.3, 0.4) is 0 Å². The Kier molecular flexibility index (Phi) is 4.01. The minimum atomic E-state index is -3.91. The van der Waals surface area contributed by atoms with Gasteiger partial charge in [-0.2, -0.15) is 8.42 Å². The number of carbonyl (C=O) groups is 1. The van der Waals surface area contributed by atoms with Gasteiger partial charge in [0.15, 0.2) is 0 Å². The van der Waals surface area contributed by atoms with E-state index in [9.17, 15) is 13.2 Å². The average molecular weight is 183 g/mol. The zero-order valence-electron chi connectivity index (χ0n) is 5.69. The van der Waals surface area contributed by atoms with Gasteiger partial charge in [-0.1, -0.05) is 0 Å². The van der Waals surface area contributed by atoms with Gasteiger partial charge >= 0.3 is 16.3 Å². The van der Waals surface area contributed by atoms with Gasteiger partial charge in [-0.15, -0.1) is 0 Å². The van der Waals surface area contributed by atoms with E-state index < -0.39 is 16.3 Å². The van der Waals surface area contributed by atoms with Crippen molar-refractivity contribution in [1.29, 1.82) is 0 Å². The molecule has 3 N–H and O–H groups in total. The van der Waals surface area contributed by atoms with Crippen molar-refractivity contribution >= 4 is 16.3 Å². The van der Waals surface area contributed by atoms with E-state index in [4.69, 9.17) is 5.11 Å². The predicted octanol–water partition coefficient (Wildman–Crippen LogP) is -0.929. The van der Waals surface area contributed by atoms with Gasteiger partial charge in [-0.3, -0.25) is 8.98 Å². The SMILES string of the molecule is NS(=O)(=O)OCCCC(=O)O. The van der Waals surface area contributed by atoms with Gasteiger partial charge in [0.25, 0.3) is 0 Å². The van der Waals surface area contributed by atoms with Gasteiger partial charge in [-0.25, -0.2) is 5.14 Å². The van der Waals surface area contributed by atoms with Crippen molar-refractivity contribution in [2.75, 3.05) is 6.61 Å². The minimum Gasteiger partial charge on any atom is -0.481 e. The molecular formula is C4H9NO5S. The Bertz CT molecular complexity index is 221. The molecule has 0 radical (unpaired) electrons. The molecule has 0 aliphatic rings. The van der Waals surface area contributed by atoms with Crippen LogP contribution in [0.25, 0.3) is 0 Å². The number of carboxylic acids is 1. The summed E-state index contributed by atoms with van der Waals surface area (Å²) in [5.41, 5.74) is 0. The van der Waals surface area contributed by atoms with Crippen molar-refractivity contribution < 1.29 is 22.5 Å². The quantitative estimate of drug-likeness (QED) is 0.535. The van der Waals surface area contributed by atoms with E-state index >= 15 is 0 Å². The number of aliphatic carboxylic acids is 1. The van der Waals surface area contributed by atoms with Gasteiger partial charge in [-0.05, 0) is 6.42 Å². The number of hydrogen-bond donors (Lipinski definition) is 2. The first-order valence-corrected chi connectivity index (χ1v) is 4.28. The van der Waals surface area contributed by atoms with Crippen molar-refractivity contribution in [1.82, 2.24) is 0 Å². The Labute approximate surface area is 64.2 Å². The minimum absolute atomic E-state index is 0.129. The van der Waals surface area contributed by atoms with Crippen molar-refractivity contribution in [2.24, 2.45) is 5.14 Å². The Morgan fingerprint density at radius 1 is 1.55 bits per heavy atom. The van der Waals surface area contributed by atoms with Crippen molar-refractivity contribution in [3.63, 3.8) is 0 Å². The van der Waals surface area contributed by atoms with Crippen LogP contribution in [0, 0.1) is 0 Å². The topological polar surface area (TPSA) is 107 Å². The van der Waals surface area contributed by atoms with Crippen LogP contribution >= 0.6 is 0 Å². The van der Waals surface area contributed by atoms with Crippen LogP contribution in [-0.4, -0.2) is 26.1 Å². The fourth-order valence-corrected chi connectivity index (χ4v) is 0.749. The largest absolute Gasteiger partial charge is 0.481 e.